The summed E-state index contributed by atoms with van der Waals surface area (Å²) in [6, 6.07) is 14.5. The number of hydrogen-bond donors (Lipinski definition) is 2. The van der Waals surface area contributed by atoms with Crippen molar-refractivity contribution < 1.29 is 14.3 Å². The van der Waals surface area contributed by atoms with E-state index in [1.54, 1.807) is 37.6 Å². The van der Waals surface area contributed by atoms with Gasteiger partial charge in [-0.25, -0.2) is 4.79 Å². The molecule has 0 radical (unpaired) electrons. The van der Waals surface area contributed by atoms with E-state index in [0.717, 1.165) is 33.4 Å². The number of nitrogens with one attached hydrogen (secondary N) is 1. The number of urea groups is 1. The number of primary amides is 1. The van der Waals surface area contributed by atoms with Crippen molar-refractivity contribution in [2.45, 2.75) is 19.4 Å². The van der Waals surface area contributed by atoms with Crippen LogP contribution in [0.2, 0.25) is 0 Å². The number of aromatic nitrogens is 1. The number of nitrogens with zero attached hydrogens (tertiary/aromatic N) is 1. The maximum atomic E-state index is 12.2. The van der Waals surface area contributed by atoms with E-state index < -0.39 is 6.03 Å². The van der Waals surface area contributed by atoms with Crippen LogP contribution in [0.15, 0.2) is 65.7 Å². The molecule has 0 aliphatic carbocycles. The summed E-state index contributed by atoms with van der Waals surface area (Å²) in [5, 5.41) is 0. The molecule has 2 aromatic carbocycles. The van der Waals surface area contributed by atoms with Gasteiger partial charge in [0.1, 0.15) is 0 Å². The van der Waals surface area contributed by atoms with Crippen molar-refractivity contribution in [1.82, 2.24) is 9.88 Å². The lowest BCUT2D eigenvalue weighted by Gasteiger charge is -2.22. The largest absolute Gasteiger partial charge is 0.493 e. The van der Waals surface area contributed by atoms with Crippen LogP contribution in [0.4, 0.5) is 4.79 Å². The molecule has 0 saturated carbocycles. The summed E-state index contributed by atoms with van der Waals surface area (Å²) in [5.74, 6) is 1.25. The average molecular weight is 431 g/mol. The first-order chi connectivity index (χ1) is 15.4. The Hall–Kier alpha value is -4.00. The molecule has 2 heterocycles. The number of pyridine rings is 1. The topological polar surface area (TPSA) is 97.7 Å². The molecule has 1 aliphatic heterocycles. The Balaban J connectivity index is 1.84. The summed E-state index contributed by atoms with van der Waals surface area (Å²) >= 11 is 0. The van der Waals surface area contributed by atoms with Crippen LogP contribution in [-0.2, 0) is 6.42 Å². The normalized spacial score (nSPS) is 15.4. The Morgan fingerprint density at radius 3 is 2.22 bits per heavy atom. The van der Waals surface area contributed by atoms with Crippen LogP contribution in [-0.4, -0.2) is 36.2 Å². The molecular weight excluding hydrogens is 406 g/mol. The minimum atomic E-state index is -0.508. The minimum Gasteiger partial charge on any atom is -0.493 e. The molecule has 1 aromatic heterocycles. The first-order valence-corrected chi connectivity index (χ1v) is 10.3. The van der Waals surface area contributed by atoms with Crippen molar-refractivity contribution in [2.75, 3.05) is 14.2 Å². The predicted octanol–water partition coefficient (Wildman–Crippen LogP) is 3.77. The molecule has 1 aliphatic rings. The third-order valence-electron chi connectivity index (χ3n) is 5.73. The first kappa shape index (κ1) is 21.2. The van der Waals surface area contributed by atoms with Gasteiger partial charge in [0.15, 0.2) is 11.5 Å². The second-order valence-corrected chi connectivity index (χ2v) is 7.72. The Kier molecular flexibility index (Phi) is 5.73. The molecule has 3 N–H and O–H groups in total. The molecule has 7 nitrogen and oxygen atoms in total. The Bertz CT molecular complexity index is 1220. The van der Waals surface area contributed by atoms with E-state index in [1.807, 2.05) is 43.3 Å². The van der Waals surface area contributed by atoms with Gasteiger partial charge in [-0.1, -0.05) is 24.3 Å². The third kappa shape index (κ3) is 3.97. The van der Waals surface area contributed by atoms with Gasteiger partial charge in [0.25, 0.3) is 0 Å². The number of fused-ring (bicyclic) bond motifs is 1. The smallest absolute Gasteiger partial charge is 0.319 e. The van der Waals surface area contributed by atoms with Crippen LogP contribution in [0.1, 0.15) is 23.6 Å². The molecule has 0 bridgehead atoms. The van der Waals surface area contributed by atoms with E-state index in [9.17, 15) is 9.59 Å². The van der Waals surface area contributed by atoms with E-state index in [4.69, 9.17) is 15.2 Å². The highest BCUT2D eigenvalue weighted by Gasteiger charge is 2.26. The van der Waals surface area contributed by atoms with Crippen LogP contribution in [0.3, 0.4) is 0 Å². The summed E-state index contributed by atoms with van der Waals surface area (Å²) in [7, 11) is 3.20. The molecule has 1 atom stereocenters. The maximum Gasteiger partial charge on any atom is 0.319 e. The van der Waals surface area contributed by atoms with Gasteiger partial charge in [-0.15, -0.1) is 0 Å². The predicted molar refractivity (Wildman–Crippen MR) is 124 cm³/mol. The molecule has 3 aromatic rings. The lowest BCUT2D eigenvalue weighted by molar-refractivity contribution is 0.213. The zero-order valence-corrected chi connectivity index (χ0v) is 18.2. The maximum absolute atomic E-state index is 12.2. The lowest BCUT2D eigenvalue weighted by atomic mass is 9.91. The van der Waals surface area contributed by atoms with E-state index in [-0.39, 0.29) is 11.6 Å². The number of ether oxygens (including phenoxy) is 2. The Labute approximate surface area is 186 Å². The zero-order chi connectivity index (χ0) is 22.8. The SMILES string of the molecule is COc1cc2c(cc1OC)C(c1ccc(-c3ccc(=O)[nH]c3)cc1)=CN(C(N)=O)C(C)C2. The summed E-state index contributed by atoms with van der Waals surface area (Å²) < 4.78 is 11.0. The van der Waals surface area contributed by atoms with Crippen molar-refractivity contribution in [1.29, 1.82) is 0 Å². The van der Waals surface area contributed by atoms with E-state index in [2.05, 4.69) is 4.98 Å². The summed E-state index contributed by atoms with van der Waals surface area (Å²) in [6.45, 7) is 1.96. The van der Waals surface area contributed by atoms with E-state index >= 15 is 0 Å². The molecule has 32 heavy (non-hydrogen) atoms. The Morgan fingerprint density at radius 1 is 1.00 bits per heavy atom. The Morgan fingerprint density at radius 2 is 1.62 bits per heavy atom. The fourth-order valence-electron chi connectivity index (χ4n) is 4.04. The summed E-state index contributed by atoms with van der Waals surface area (Å²) in [6.07, 6.45) is 4.11. The number of methoxy groups -OCH3 is 2. The number of benzene rings is 2. The van der Waals surface area contributed by atoms with Crippen molar-refractivity contribution >= 4 is 11.6 Å². The van der Waals surface area contributed by atoms with E-state index in [1.165, 1.54) is 6.07 Å². The van der Waals surface area contributed by atoms with Crippen LogP contribution in [0, 0.1) is 0 Å². The fraction of sp³-hybridized carbons (Fsp3) is 0.200. The van der Waals surface area contributed by atoms with Gasteiger partial charge in [-0.3, -0.25) is 9.69 Å². The highest BCUT2D eigenvalue weighted by molar-refractivity contribution is 5.87. The number of amides is 2. The summed E-state index contributed by atoms with van der Waals surface area (Å²) in [4.78, 5) is 27.8. The number of nitrogens with two attached hydrogens (primary N) is 1. The molecule has 0 spiro atoms. The highest BCUT2D eigenvalue weighted by Crippen LogP contribution is 2.39. The molecule has 7 heteroatoms. The lowest BCUT2D eigenvalue weighted by Crippen LogP contribution is -2.38. The van der Waals surface area contributed by atoms with Crippen LogP contribution < -0.4 is 20.8 Å². The highest BCUT2D eigenvalue weighted by atomic mass is 16.5. The number of rotatable bonds is 4. The van der Waals surface area contributed by atoms with Gasteiger partial charge in [-0.2, -0.15) is 0 Å². The number of carbonyl (C=O) groups is 1. The molecule has 2 amide bonds. The molecule has 0 fully saturated rings. The second-order valence-electron chi connectivity index (χ2n) is 7.72. The molecule has 0 saturated heterocycles. The van der Waals surface area contributed by atoms with Crippen LogP contribution >= 0.6 is 0 Å². The molecule has 1 unspecified atom stereocenters. The second kappa shape index (κ2) is 8.63. The van der Waals surface area contributed by atoms with Gasteiger partial charge in [0.05, 0.1) is 14.2 Å². The number of aromatic amines is 1. The van der Waals surface area contributed by atoms with Gasteiger partial charge in [-0.05, 0) is 59.4 Å². The quantitative estimate of drug-likeness (QED) is 0.657. The summed E-state index contributed by atoms with van der Waals surface area (Å²) in [5.41, 5.74) is 11.2. The van der Waals surface area contributed by atoms with Gasteiger partial charge < -0.3 is 20.2 Å². The van der Waals surface area contributed by atoms with E-state index in [0.29, 0.717) is 17.9 Å². The van der Waals surface area contributed by atoms with Crippen molar-refractivity contribution in [3.8, 4) is 22.6 Å². The third-order valence-corrected chi connectivity index (χ3v) is 5.73. The monoisotopic (exact) mass is 431 g/mol. The van der Waals surface area contributed by atoms with Crippen molar-refractivity contribution in [2.24, 2.45) is 5.73 Å². The number of carbonyl (C=O) groups excluding carboxylic acids is 1. The molecule has 4 rings (SSSR count). The molecule has 164 valence electrons. The van der Waals surface area contributed by atoms with Crippen LogP contribution in [0.25, 0.3) is 16.7 Å². The number of hydrogen-bond acceptors (Lipinski definition) is 4. The zero-order valence-electron chi connectivity index (χ0n) is 18.2. The average Bonchev–Trinajstić information content (AvgIpc) is 2.94. The standard InChI is InChI=1S/C25H25N3O4/c1-15-10-19-11-22(31-2)23(32-3)12-20(19)21(14-28(15)25(26)30)17-6-4-16(5-7-17)18-8-9-24(29)27-13-18/h4-9,11-15H,10H2,1-3H3,(H2,26,30)(H,27,29). The fourth-order valence-corrected chi connectivity index (χ4v) is 4.04. The van der Waals surface area contributed by atoms with Gasteiger partial charge in [0, 0.05) is 30.1 Å². The van der Waals surface area contributed by atoms with Gasteiger partial charge in [0.2, 0.25) is 5.56 Å². The molecular formula is C25H25N3O4. The first-order valence-electron chi connectivity index (χ1n) is 10.3. The van der Waals surface area contributed by atoms with Gasteiger partial charge >= 0.3 is 6.03 Å². The number of H-pyrrole nitrogens is 1. The van der Waals surface area contributed by atoms with Crippen LogP contribution in [0.5, 0.6) is 11.5 Å². The minimum absolute atomic E-state index is 0.123. The van der Waals surface area contributed by atoms with Crippen molar-refractivity contribution in [3.05, 3.63) is 88.0 Å². The van der Waals surface area contributed by atoms with Crippen molar-refractivity contribution in [3.63, 3.8) is 0 Å².